The molecule has 0 aromatic rings. The standard InChI is InChI=1S/C77H124O6/c1-4-7-10-13-16-19-22-25-28-30-32-34-35-36-37-38-39-40-41-43-44-46-49-52-55-58-61-64-67-70-76(79)82-73-74(72-81-75(78)69-66-63-60-57-54-51-48-27-24-21-18-15-12-9-6-3)83-77(80)71-68-65-62-59-56-53-50-47-45-42-33-31-29-26-23-20-17-14-11-8-5-2/h8-9,11-12,17-18,20-22,25-27,29-30,32-33,35-36,42,47-48,50,54,56-57,59,74H,4-7,10,13-16,19,23-24,28,31,34,37-41,43-46,49,51-53,55,58,60-73H2,1-3H3/b11-8-,12-9-,20-17-,21-18-,25-22-,29-26-,32-30-,36-35-,42-33-,48-27-,50-47-,57-54-,59-56-. The minimum Gasteiger partial charge on any atom is -0.462 e. The molecule has 0 saturated carbocycles. The van der Waals surface area contributed by atoms with Gasteiger partial charge in [-0.1, -0.05) is 281 Å². The van der Waals surface area contributed by atoms with Crippen molar-refractivity contribution in [3.05, 3.63) is 158 Å². The number of unbranched alkanes of at least 4 members (excludes halogenated alkanes) is 23. The minimum absolute atomic E-state index is 0.115. The maximum Gasteiger partial charge on any atom is 0.306 e. The van der Waals surface area contributed by atoms with Crippen molar-refractivity contribution in [3.63, 3.8) is 0 Å². The van der Waals surface area contributed by atoms with Crippen LogP contribution >= 0.6 is 0 Å². The average Bonchev–Trinajstić information content (AvgIpc) is 3.49. The second-order valence-corrected chi connectivity index (χ2v) is 22.0. The van der Waals surface area contributed by atoms with E-state index in [2.05, 4.69) is 179 Å². The number of carbonyl (C=O) groups is 3. The molecule has 0 aliphatic rings. The molecule has 0 rings (SSSR count). The van der Waals surface area contributed by atoms with Crippen LogP contribution in [0.25, 0.3) is 0 Å². The Kier molecular flexibility index (Phi) is 65.4. The van der Waals surface area contributed by atoms with Gasteiger partial charge in [0, 0.05) is 19.3 Å². The third-order valence-corrected chi connectivity index (χ3v) is 14.0. The summed E-state index contributed by atoms with van der Waals surface area (Å²) in [6, 6.07) is 0. The molecular weight excluding hydrogens is 1020 g/mol. The Bertz CT molecular complexity index is 1840. The molecule has 0 aromatic heterocycles. The molecule has 0 aliphatic carbocycles. The third kappa shape index (κ3) is 67.7. The molecule has 0 radical (unpaired) electrons. The first-order chi connectivity index (χ1) is 41.0. The lowest BCUT2D eigenvalue weighted by Gasteiger charge is -2.18. The van der Waals surface area contributed by atoms with Gasteiger partial charge in [-0.15, -0.1) is 0 Å². The summed E-state index contributed by atoms with van der Waals surface area (Å²) < 4.78 is 16.9. The van der Waals surface area contributed by atoms with E-state index in [-0.39, 0.29) is 37.5 Å². The summed E-state index contributed by atoms with van der Waals surface area (Å²) in [6.07, 6.45) is 101. The van der Waals surface area contributed by atoms with Crippen LogP contribution in [0.15, 0.2) is 158 Å². The fourth-order valence-electron chi connectivity index (χ4n) is 8.97. The molecule has 6 nitrogen and oxygen atoms in total. The van der Waals surface area contributed by atoms with Gasteiger partial charge in [-0.3, -0.25) is 14.4 Å². The minimum atomic E-state index is -0.828. The second-order valence-electron chi connectivity index (χ2n) is 22.0. The first kappa shape index (κ1) is 78.0. The monoisotopic (exact) mass is 1140 g/mol. The quantitative estimate of drug-likeness (QED) is 0.0261. The molecule has 0 spiro atoms. The van der Waals surface area contributed by atoms with E-state index >= 15 is 0 Å². The van der Waals surface area contributed by atoms with Crippen LogP contribution < -0.4 is 0 Å². The van der Waals surface area contributed by atoms with Crippen molar-refractivity contribution in [2.24, 2.45) is 0 Å². The predicted octanol–water partition coefficient (Wildman–Crippen LogP) is 23.7. The third-order valence-electron chi connectivity index (χ3n) is 14.0. The zero-order valence-electron chi connectivity index (χ0n) is 53.7. The number of hydrogen-bond acceptors (Lipinski definition) is 6. The second kappa shape index (κ2) is 69.5. The summed E-state index contributed by atoms with van der Waals surface area (Å²) in [5.41, 5.74) is 0. The fraction of sp³-hybridized carbons (Fsp3) is 0.623. The Morgan fingerprint density at radius 2 is 0.470 bits per heavy atom. The first-order valence-electron chi connectivity index (χ1n) is 34.0. The number of rotatable bonds is 60. The summed E-state index contributed by atoms with van der Waals surface area (Å²) >= 11 is 0. The van der Waals surface area contributed by atoms with Crippen molar-refractivity contribution in [2.75, 3.05) is 13.2 Å². The van der Waals surface area contributed by atoms with Crippen molar-refractivity contribution in [3.8, 4) is 0 Å². The Morgan fingerprint density at radius 3 is 0.759 bits per heavy atom. The van der Waals surface area contributed by atoms with Crippen LogP contribution in [0, 0.1) is 0 Å². The molecular formula is C77H124O6. The average molecular weight is 1150 g/mol. The lowest BCUT2D eigenvalue weighted by atomic mass is 10.0. The molecule has 83 heavy (non-hydrogen) atoms. The molecule has 0 aliphatic heterocycles. The summed E-state index contributed by atoms with van der Waals surface area (Å²) in [5.74, 6) is -1.00. The van der Waals surface area contributed by atoms with E-state index in [0.717, 1.165) is 122 Å². The van der Waals surface area contributed by atoms with Gasteiger partial charge in [0.25, 0.3) is 0 Å². The van der Waals surface area contributed by atoms with Gasteiger partial charge in [-0.25, -0.2) is 0 Å². The zero-order chi connectivity index (χ0) is 59.9. The molecule has 6 heteroatoms. The lowest BCUT2D eigenvalue weighted by molar-refractivity contribution is -0.167. The Hall–Kier alpha value is -4.97. The van der Waals surface area contributed by atoms with Crippen LogP contribution in [0.5, 0.6) is 0 Å². The molecule has 0 bridgehead atoms. The number of esters is 3. The number of carbonyl (C=O) groups excluding carboxylic acids is 3. The molecule has 0 saturated heterocycles. The summed E-state index contributed by atoms with van der Waals surface area (Å²) in [6.45, 7) is 6.33. The highest BCUT2D eigenvalue weighted by atomic mass is 16.6. The Balaban J connectivity index is 4.42. The van der Waals surface area contributed by atoms with Gasteiger partial charge in [-0.05, 0) is 148 Å². The van der Waals surface area contributed by atoms with Crippen LogP contribution in [0.4, 0.5) is 0 Å². The maximum absolute atomic E-state index is 12.9. The highest BCUT2D eigenvalue weighted by Gasteiger charge is 2.19. The normalized spacial score (nSPS) is 13.1. The summed E-state index contributed by atoms with van der Waals surface area (Å²) in [4.78, 5) is 38.4. The van der Waals surface area contributed by atoms with Gasteiger partial charge in [0.15, 0.2) is 6.10 Å². The Morgan fingerprint density at radius 1 is 0.253 bits per heavy atom. The van der Waals surface area contributed by atoms with Crippen molar-refractivity contribution >= 4 is 17.9 Å². The topological polar surface area (TPSA) is 78.9 Å². The van der Waals surface area contributed by atoms with E-state index < -0.39 is 6.10 Å². The highest BCUT2D eigenvalue weighted by Crippen LogP contribution is 2.15. The molecule has 0 aromatic carbocycles. The van der Waals surface area contributed by atoms with Gasteiger partial charge in [0.05, 0.1) is 0 Å². The van der Waals surface area contributed by atoms with Crippen LogP contribution in [0.1, 0.15) is 290 Å². The van der Waals surface area contributed by atoms with E-state index in [1.165, 1.54) is 116 Å². The molecule has 1 unspecified atom stereocenters. The van der Waals surface area contributed by atoms with Crippen molar-refractivity contribution < 1.29 is 28.6 Å². The van der Waals surface area contributed by atoms with Crippen LogP contribution in [-0.2, 0) is 28.6 Å². The summed E-state index contributed by atoms with van der Waals surface area (Å²) in [5, 5.41) is 0. The summed E-state index contributed by atoms with van der Waals surface area (Å²) in [7, 11) is 0. The van der Waals surface area contributed by atoms with E-state index in [1.807, 2.05) is 0 Å². The number of allylic oxidation sites excluding steroid dienone is 26. The van der Waals surface area contributed by atoms with Gasteiger partial charge < -0.3 is 14.2 Å². The smallest absolute Gasteiger partial charge is 0.306 e. The van der Waals surface area contributed by atoms with E-state index in [0.29, 0.717) is 25.7 Å². The van der Waals surface area contributed by atoms with Crippen LogP contribution in [0.3, 0.4) is 0 Å². The molecule has 0 N–H and O–H groups in total. The van der Waals surface area contributed by atoms with E-state index in [4.69, 9.17) is 14.2 Å². The van der Waals surface area contributed by atoms with Gasteiger partial charge >= 0.3 is 17.9 Å². The Labute approximate surface area is 511 Å². The molecule has 1 atom stereocenters. The number of hydrogen-bond donors (Lipinski definition) is 0. The SMILES string of the molecule is CC/C=C\C/C=C\C/C=C\C/C=C\C/C=C\C/C=C\CCCCC(=O)OC(COC(=O)CCCC/C=C\C/C=C\C/C=C\C/C=C\CC)COC(=O)CCCCCCCCCCCCCCCC/C=C\C/C=C\C/C=C\CCCCCCC. The molecule has 0 fully saturated rings. The maximum atomic E-state index is 12.9. The van der Waals surface area contributed by atoms with E-state index in [1.54, 1.807) is 0 Å². The predicted molar refractivity (Wildman–Crippen MR) is 362 cm³/mol. The highest BCUT2D eigenvalue weighted by molar-refractivity contribution is 5.71. The van der Waals surface area contributed by atoms with E-state index in [9.17, 15) is 14.4 Å². The molecule has 0 amide bonds. The van der Waals surface area contributed by atoms with Crippen molar-refractivity contribution in [1.29, 1.82) is 0 Å². The first-order valence-corrected chi connectivity index (χ1v) is 34.0. The van der Waals surface area contributed by atoms with Gasteiger partial charge in [-0.2, -0.15) is 0 Å². The largest absolute Gasteiger partial charge is 0.462 e. The lowest BCUT2D eigenvalue weighted by Crippen LogP contribution is -2.30. The molecule has 468 valence electrons. The van der Waals surface area contributed by atoms with Gasteiger partial charge in [0.2, 0.25) is 0 Å². The zero-order valence-corrected chi connectivity index (χ0v) is 53.7. The van der Waals surface area contributed by atoms with Gasteiger partial charge in [0.1, 0.15) is 13.2 Å². The van der Waals surface area contributed by atoms with Crippen molar-refractivity contribution in [2.45, 2.75) is 297 Å². The van der Waals surface area contributed by atoms with Crippen molar-refractivity contribution in [1.82, 2.24) is 0 Å². The molecule has 0 heterocycles. The van der Waals surface area contributed by atoms with Crippen LogP contribution in [0.2, 0.25) is 0 Å². The van der Waals surface area contributed by atoms with Crippen LogP contribution in [-0.4, -0.2) is 37.2 Å². The fourth-order valence-corrected chi connectivity index (χ4v) is 8.97. The number of ether oxygens (including phenoxy) is 3.